The molecule has 120 valence electrons. The summed E-state index contributed by atoms with van der Waals surface area (Å²) in [6.07, 6.45) is 5.44. The van der Waals surface area contributed by atoms with E-state index >= 15 is 0 Å². The van der Waals surface area contributed by atoms with Crippen LogP contribution in [0.1, 0.15) is 26.7 Å². The maximum Gasteiger partial charge on any atom is 4.00 e. The van der Waals surface area contributed by atoms with Crippen molar-refractivity contribution in [3.05, 3.63) is 36.7 Å². The van der Waals surface area contributed by atoms with E-state index in [9.17, 15) is 0 Å². The molecule has 0 saturated heterocycles. The van der Waals surface area contributed by atoms with Crippen LogP contribution < -0.4 is 9.47 Å². The molecule has 0 fully saturated rings. The van der Waals surface area contributed by atoms with Gasteiger partial charge in [0, 0.05) is 24.5 Å². The zero-order chi connectivity index (χ0) is 14.2. The monoisotopic (exact) mass is 503 g/mol. The molecule has 0 spiro atoms. The molecule has 0 aliphatic rings. The van der Waals surface area contributed by atoms with Gasteiger partial charge in [-0.3, -0.25) is 9.97 Å². The summed E-state index contributed by atoms with van der Waals surface area (Å²) < 4.78 is 11.2. The molecule has 0 bridgehead atoms. The first kappa shape index (κ1) is 20.9. The van der Waals surface area contributed by atoms with Crippen molar-refractivity contribution in [3.63, 3.8) is 0 Å². The first-order valence-corrected chi connectivity index (χ1v) is 7.01. The molecule has 0 unspecified atom stereocenters. The summed E-state index contributed by atoms with van der Waals surface area (Å²) >= 11 is 0. The first-order chi connectivity index (χ1) is 9.83. The fourth-order valence-electron chi connectivity index (χ4n) is 1.72. The van der Waals surface area contributed by atoms with Crippen LogP contribution in [0.15, 0.2) is 36.7 Å². The van der Waals surface area contributed by atoms with Crippen LogP contribution in [-0.4, -0.2) is 23.2 Å². The van der Waals surface area contributed by atoms with Crippen molar-refractivity contribution in [3.8, 4) is 22.9 Å². The van der Waals surface area contributed by atoms with Crippen LogP contribution in [0.2, 0.25) is 0 Å². The molecule has 2 rings (SSSR count). The summed E-state index contributed by atoms with van der Waals surface area (Å²) in [5, 5.41) is 0. The molecule has 6 heteroatoms. The standard InChI is InChI=1S/C16H20N2O2.ClH.Pt/c1-3-9-19-13-5-7-17-15(11-13)16-12-14(6-8-18-16)20-10-4-2;;/h5-8,11-12H,3-4,9-10H2,1-2H3;1H;/q;;+4. The number of hydrogen-bond donors (Lipinski definition) is 0. The topological polar surface area (TPSA) is 44.2 Å². The van der Waals surface area contributed by atoms with Crippen molar-refractivity contribution in [2.45, 2.75) is 26.7 Å². The fraction of sp³-hybridized carbons (Fsp3) is 0.375. The van der Waals surface area contributed by atoms with Gasteiger partial charge in [-0.15, -0.1) is 12.4 Å². The van der Waals surface area contributed by atoms with Crippen LogP contribution in [0.25, 0.3) is 11.4 Å². The molecular weight excluding hydrogens is 483 g/mol. The second kappa shape index (κ2) is 11.4. The maximum atomic E-state index is 5.61. The SMILES string of the molecule is CCCOc1ccnc(-c2cc(OCCC)ccn2)c1.Cl.[Pt+4]. The largest absolute Gasteiger partial charge is 4.00 e. The van der Waals surface area contributed by atoms with Crippen molar-refractivity contribution in [2.24, 2.45) is 0 Å². The van der Waals surface area contributed by atoms with Crippen LogP contribution in [0.5, 0.6) is 11.5 Å². The third kappa shape index (κ3) is 6.33. The number of ether oxygens (including phenoxy) is 2. The Balaban J connectivity index is 0.00000220. The third-order valence-corrected chi connectivity index (χ3v) is 2.67. The Kier molecular flexibility index (Phi) is 10.9. The van der Waals surface area contributed by atoms with E-state index in [1.165, 1.54) is 0 Å². The Morgan fingerprint density at radius 1 is 0.818 bits per heavy atom. The predicted molar refractivity (Wildman–Crippen MR) is 86.3 cm³/mol. The second-order valence-electron chi connectivity index (χ2n) is 4.45. The molecule has 0 aromatic carbocycles. The number of pyridine rings is 2. The number of nitrogens with zero attached hydrogens (tertiary/aromatic N) is 2. The number of hydrogen-bond acceptors (Lipinski definition) is 4. The van der Waals surface area contributed by atoms with Crippen molar-refractivity contribution < 1.29 is 30.5 Å². The quantitative estimate of drug-likeness (QED) is 0.570. The van der Waals surface area contributed by atoms with Crippen molar-refractivity contribution in [1.29, 1.82) is 0 Å². The average Bonchev–Trinajstić information content (AvgIpc) is 2.51. The molecule has 0 aliphatic carbocycles. The van der Waals surface area contributed by atoms with Crippen molar-refractivity contribution in [2.75, 3.05) is 13.2 Å². The zero-order valence-electron chi connectivity index (χ0n) is 12.7. The summed E-state index contributed by atoms with van der Waals surface area (Å²) in [6.45, 7) is 5.57. The molecule has 0 radical (unpaired) electrons. The van der Waals surface area contributed by atoms with Crippen LogP contribution in [0.3, 0.4) is 0 Å². The Bertz CT molecular complexity index is 506. The van der Waals surface area contributed by atoms with E-state index in [4.69, 9.17) is 9.47 Å². The Labute approximate surface area is 152 Å². The molecule has 22 heavy (non-hydrogen) atoms. The zero-order valence-corrected chi connectivity index (χ0v) is 15.8. The summed E-state index contributed by atoms with van der Waals surface area (Å²) in [4.78, 5) is 8.68. The van der Waals surface area contributed by atoms with Crippen LogP contribution >= 0.6 is 12.4 Å². The Morgan fingerprint density at radius 2 is 1.23 bits per heavy atom. The predicted octanol–water partition coefficient (Wildman–Crippen LogP) is 4.14. The number of halogens is 1. The second-order valence-corrected chi connectivity index (χ2v) is 4.45. The van der Waals surface area contributed by atoms with E-state index in [0.717, 1.165) is 35.7 Å². The summed E-state index contributed by atoms with van der Waals surface area (Å²) in [7, 11) is 0. The van der Waals surface area contributed by atoms with Gasteiger partial charge in [-0.2, -0.15) is 0 Å². The molecule has 0 saturated carbocycles. The van der Waals surface area contributed by atoms with E-state index < -0.39 is 0 Å². The first-order valence-electron chi connectivity index (χ1n) is 7.01. The number of aromatic nitrogens is 2. The molecular formula is C16H21ClN2O2Pt+4. The van der Waals surface area contributed by atoms with E-state index in [1.54, 1.807) is 12.4 Å². The minimum absolute atomic E-state index is 0. The van der Waals surface area contributed by atoms with E-state index in [-0.39, 0.29) is 33.5 Å². The van der Waals surface area contributed by atoms with Gasteiger partial charge in [-0.25, -0.2) is 0 Å². The van der Waals surface area contributed by atoms with Gasteiger partial charge in [0.1, 0.15) is 11.5 Å². The molecule has 0 aliphatic heterocycles. The van der Waals surface area contributed by atoms with E-state index in [0.29, 0.717) is 13.2 Å². The Hall–Kier alpha value is -1.12. The van der Waals surface area contributed by atoms with Gasteiger partial charge in [0.25, 0.3) is 0 Å². The van der Waals surface area contributed by atoms with Crippen LogP contribution in [0, 0.1) is 0 Å². The normalized spacial score (nSPS) is 9.36. The van der Waals surface area contributed by atoms with Gasteiger partial charge in [0.05, 0.1) is 24.6 Å². The maximum absolute atomic E-state index is 5.61. The van der Waals surface area contributed by atoms with Gasteiger partial charge in [0.2, 0.25) is 0 Å². The van der Waals surface area contributed by atoms with Gasteiger partial charge >= 0.3 is 21.1 Å². The Morgan fingerprint density at radius 3 is 1.59 bits per heavy atom. The molecule has 0 atom stereocenters. The van der Waals surface area contributed by atoms with E-state index in [2.05, 4.69) is 23.8 Å². The molecule has 2 aromatic rings. The summed E-state index contributed by atoms with van der Waals surface area (Å²) in [6, 6.07) is 7.52. The van der Waals surface area contributed by atoms with Gasteiger partial charge in [0.15, 0.2) is 0 Å². The van der Waals surface area contributed by atoms with Gasteiger partial charge in [-0.05, 0) is 25.0 Å². The number of rotatable bonds is 7. The van der Waals surface area contributed by atoms with Crippen LogP contribution in [0.4, 0.5) is 0 Å². The minimum Gasteiger partial charge on any atom is -0.493 e. The van der Waals surface area contributed by atoms with E-state index in [1.807, 2.05) is 24.3 Å². The third-order valence-electron chi connectivity index (χ3n) is 2.67. The molecule has 0 N–H and O–H groups in total. The smallest absolute Gasteiger partial charge is 0.493 e. The molecule has 2 aromatic heterocycles. The average molecular weight is 504 g/mol. The summed E-state index contributed by atoms with van der Waals surface area (Å²) in [5.74, 6) is 1.64. The summed E-state index contributed by atoms with van der Waals surface area (Å²) in [5.41, 5.74) is 1.58. The van der Waals surface area contributed by atoms with Gasteiger partial charge < -0.3 is 9.47 Å². The fourth-order valence-corrected chi connectivity index (χ4v) is 1.72. The van der Waals surface area contributed by atoms with Gasteiger partial charge in [-0.1, -0.05) is 13.8 Å². The van der Waals surface area contributed by atoms with Crippen LogP contribution in [-0.2, 0) is 21.1 Å². The molecule has 0 amide bonds. The molecule has 2 heterocycles. The van der Waals surface area contributed by atoms with Crippen molar-refractivity contribution in [1.82, 2.24) is 9.97 Å². The minimum atomic E-state index is 0. The molecule has 4 nitrogen and oxygen atoms in total. The van der Waals surface area contributed by atoms with Crippen molar-refractivity contribution >= 4 is 12.4 Å².